The molecule has 0 atom stereocenters. The minimum absolute atomic E-state index is 0.127. The van der Waals surface area contributed by atoms with Gasteiger partial charge in [0.05, 0.1) is 4.90 Å². The smallest absolute Gasteiger partial charge is 0.206 e. The lowest BCUT2D eigenvalue weighted by atomic mass is 9.99. The number of benzene rings is 3. The Balaban J connectivity index is 1.97. The van der Waals surface area contributed by atoms with Crippen LogP contribution in [0.4, 0.5) is 30.7 Å². The van der Waals surface area contributed by atoms with E-state index in [1.54, 1.807) is 5.40 Å². The zero-order valence-electron chi connectivity index (χ0n) is 14.1. The molecule has 1 nitrogen and oxygen atoms in total. The largest absolute Gasteiger partial charge is 0.422 e. The Labute approximate surface area is 164 Å². The normalized spacial score (nSPS) is 11.4. The molecular weight excluding hydrogens is 419 g/mol. The predicted octanol–water partition coefficient (Wildman–Crippen LogP) is 7.17. The van der Waals surface area contributed by atoms with Crippen LogP contribution in [-0.4, -0.2) is 0 Å². The Morgan fingerprint density at radius 3 is 1.38 bits per heavy atom. The highest BCUT2D eigenvalue weighted by atomic mass is 32.2. The average molecular weight is 427 g/mol. The lowest BCUT2D eigenvalue weighted by molar-refractivity contribution is -0.142. The second-order valence-electron chi connectivity index (χ2n) is 5.85. The highest BCUT2D eigenvalue weighted by molar-refractivity contribution is 8.03. The standard InChI is InChI=1S/C20H8F7NS/c21-14-5-12(6-15(22)18(14)20(25,26)27)10-1-3-11(4-2-10)13-7-16(23)19(29-9-28)17(24)8-13/h1-8H. The van der Waals surface area contributed by atoms with Crippen LogP contribution in [-0.2, 0) is 6.18 Å². The first-order valence-corrected chi connectivity index (χ1v) is 8.65. The Morgan fingerprint density at radius 2 is 1.03 bits per heavy atom. The topological polar surface area (TPSA) is 23.8 Å². The van der Waals surface area contributed by atoms with Crippen LogP contribution in [0.1, 0.15) is 5.56 Å². The molecule has 0 aromatic heterocycles. The molecule has 0 aliphatic rings. The Bertz CT molecular complexity index is 1070. The minimum atomic E-state index is -5.17. The molecule has 0 aliphatic heterocycles. The van der Waals surface area contributed by atoms with Gasteiger partial charge in [-0.3, -0.25) is 0 Å². The van der Waals surface area contributed by atoms with Gasteiger partial charge in [-0.15, -0.1) is 0 Å². The zero-order valence-corrected chi connectivity index (χ0v) is 14.9. The van der Waals surface area contributed by atoms with Crippen LogP contribution in [0, 0.1) is 33.9 Å². The number of alkyl halides is 3. The van der Waals surface area contributed by atoms with Crippen molar-refractivity contribution in [3.05, 3.63) is 77.4 Å². The van der Waals surface area contributed by atoms with Crippen molar-refractivity contribution >= 4 is 11.8 Å². The minimum Gasteiger partial charge on any atom is -0.206 e. The Hall–Kier alpha value is -2.99. The first-order chi connectivity index (χ1) is 13.6. The van der Waals surface area contributed by atoms with Gasteiger partial charge in [0.1, 0.15) is 34.2 Å². The monoisotopic (exact) mass is 427 g/mol. The first kappa shape index (κ1) is 20.7. The van der Waals surface area contributed by atoms with E-state index in [1.165, 1.54) is 24.3 Å². The number of thiocyanates is 1. The van der Waals surface area contributed by atoms with Gasteiger partial charge < -0.3 is 0 Å². The van der Waals surface area contributed by atoms with Crippen molar-refractivity contribution in [3.63, 3.8) is 0 Å². The molecule has 9 heteroatoms. The fourth-order valence-corrected chi connectivity index (χ4v) is 3.14. The number of halogens is 7. The van der Waals surface area contributed by atoms with Crippen molar-refractivity contribution in [1.82, 2.24) is 0 Å². The molecular formula is C20H8F7NS. The van der Waals surface area contributed by atoms with Crippen LogP contribution in [0.2, 0.25) is 0 Å². The molecule has 0 amide bonds. The van der Waals surface area contributed by atoms with Crippen molar-refractivity contribution in [3.8, 4) is 27.7 Å². The van der Waals surface area contributed by atoms with E-state index in [2.05, 4.69) is 0 Å². The summed E-state index contributed by atoms with van der Waals surface area (Å²) in [6, 6.07) is 8.67. The molecule has 3 rings (SSSR count). The quantitative estimate of drug-likeness (QED) is 0.251. The van der Waals surface area contributed by atoms with Crippen molar-refractivity contribution < 1.29 is 30.7 Å². The fraction of sp³-hybridized carbons (Fsp3) is 0.0500. The molecule has 148 valence electrons. The van der Waals surface area contributed by atoms with Gasteiger partial charge in [0, 0.05) is 0 Å². The van der Waals surface area contributed by atoms with Gasteiger partial charge in [-0.05, 0) is 58.3 Å². The second-order valence-corrected chi connectivity index (χ2v) is 6.65. The van der Waals surface area contributed by atoms with Crippen LogP contribution >= 0.6 is 11.8 Å². The van der Waals surface area contributed by atoms with E-state index < -0.39 is 39.9 Å². The highest BCUT2D eigenvalue weighted by Crippen LogP contribution is 2.36. The summed E-state index contributed by atoms with van der Waals surface area (Å²) in [5, 5.41) is 10.1. The molecule has 0 N–H and O–H groups in total. The predicted molar refractivity (Wildman–Crippen MR) is 93.6 cm³/mol. The van der Waals surface area contributed by atoms with E-state index in [1.807, 2.05) is 0 Å². The summed E-state index contributed by atoms with van der Waals surface area (Å²) in [7, 11) is 0. The van der Waals surface area contributed by atoms with Gasteiger partial charge in [0.25, 0.3) is 0 Å². The maximum atomic E-state index is 14.0. The Kier molecular flexibility index (Phi) is 5.57. The summed E-state index contributed by atoms with van der Waals surface area (Å²) < 4.78 is 93.4. The van der Waals surface area contributed by atoms with Crippen molar-refractivity contribution in [2.24, 2.45) is 0 Å². The third kappa shape index (κ3) is 4.22. The molecule has 0 unspecified atom stereocenters. The summed E-state index contributed by atoms with van der Waals surface area (Å²) in [5.41, 5.74) is -1.39. The molecule has 0 saturated heterocycles. The molecule has 29 heavy (non-hydrogen) atoms. The van der Waals surface area contributed by atoms with E-state index >= 15 is 0 Å². The number of nitriles is 1. The van der Waals surface area contributed by atoms with E-state index in [0.717, 1.165) is 12.1 Å². The summed E-state index contributed by atoms with van der Waals surface area (Å²) in [6.07, 6.45) is -5.17. The van der Waals surface area contributed by atoms with E-state index in [-0.39, 0.29) is 16.7 Å². The fourth-order valence-electron chi connectivity index (χ4n) is 2.74. The van der Waals surface area contributed by atoms with Crippen molar-refractivity contribution in [2.75, 3.05) is 0 Å². The number of hydrogen-bond donors (Lipinski definition) is 0. The van der Waals surface area contributed by atoms with E-state index in [4.69, 9.17) is 5.26 Å². The van der Waals surface area contributed by atoms with Crippen LogP contribution < -0.4 is 0 Å². The van der Waals surface area contributed by atoms with Crippen LogP contribution in [0.3, 0.4) is 0 Å². The maximum Gasteiger partial charge on any atom is 0.422 e. The second kappa shape index (κ2) is 7.79. The summed E-state index contributed by atoms with van der Waals surface area (Å²) >= 11 is 0.342. The van der Waals surface area contributed by atoms with Crippen LogP contribution in [0.25, 0.3) is 22.3 Å². The zero-order chi connectivity index (χ0) is 21.3. The third-order valence-corrected chi connectivity index (χ3v) is 4.71. The van der Waals surface area contributed by atoms with Crippen LogP contribution in [0.15, 0.2) is 53.4 Å². The maximum absolute atomic E-state index is 14.0. The van der Waals surface area contributed by atoms with Gasteiger partial charge in [0.2, 0.25) is 0 Å². The first-order valence-electron chi connectivity index (χ1n) is 7.84. The van der Waals surface area contributed by atoms with Gasteiger partial charge in [-0.1, -0.05) is 24.3 Å². The molecule has 3 aromatic carbocycles. The number of rotatable bonds is 3. The lowest BCUT2D eigenvalue weighted by Crippen LogP contribution is -2.11. The molecule has 0 bridgehead atoms. The SMILES string of the molecule is N#CSc1c(F)cc(-c2ccc(-c3cc(F)c(C(F)(F)F)c(F)c3)cc2)cc1F. The van der Waals surface area contributed by atoms with Gasteiger partial charge in [0.15, 0.2) is 0 Å². The van der Waals surface area contributed by atoms with Gasteiger partial charge in [-0.2, -0.15) is 18.4 Å². The number of thioether (sulfide) groups is 1. The molecule has 0 saturated carbocycles. The average Bonchev–Trinajstić information content (AvgIpc) is 2.63. The van der Waals surface area contributed by atoms with Crippen molar-refractivity contribution in [2.45, 2.75) is 11.1 Å². The molecule has 0 fully saturated rings. The number of nitrogens with zero attached hydrogens (tertiary/aromatic N) is 1. The number of hydrogen-bond acceptors (Lipinski definition) is 2. The Morgan fingerprint density at radius 1 is 0.655 bits per heavy atom. The van der Waals surface area contributed by atoms with Crippen molar-refractivity contribution in [1.29, 1.82) is 5.26 Å². The molecule has 0 heterocycles. The lowest BCUT2D eigenvalue weighted by Gasteiger charge is -2.12. The molecule has 0 spiro atoms. The van der Waals surface area contributed by atoms with Gasteiger partial charge in [-0.25, -0.2) is 17.6 Å². The van der Waals surface area contributed by atoms with Gasteiger partial charge >= 0.3 is 6.18 Å². The molecule has 0 radical (unpaired) electrons. The summed E-state index contributed by atoms with van der Waals surface area (Å²) in [4.78, 5) is -0.441. The third-order valence-electron chi connectivity index (χ3n) is 4.02. The molecule has 3 aromatic rings. The van der Waals surface area contributed by atoms with Crippen LogP contribution in [0.5, 0.6) is 0 Å². The summed E-state index contributed by atoms with van der Waals surface area (Å²) in [6.45, 7) is 0. The van der Waals surface area contributed by atoms with E-state index in [9.17, 15) is 30.7 Å². The van der Waals surface area contributed by atoms with E-state index in [0.29, 0.717) is 29.5 Å². The summed E-state index contributed by atoms with van der Waals surface area (Å²) in [5.74, 6) is -5.34. The molecule has 0 aliphatic carbocycles. The highest BCUT2D eigenvalue weighted by Gasteiger charge is 2.37.